The first-order valence-corrected chi connectivity index (χ1v) is 4.54. The van der Waals surface area contributed by atoms with Gasteiger partial charge in [0.25, 0.3) is 0 Å². The standard InChI is InChI=1S/C9H7FO2S/c1-12-7-4-6(11)5-2-3-13-9(5)8(7)10/h2-4,11H,1H3. The third kappa shape index (κ3) is 1.14. The number of hydrogen-bond acceptors (Lipinski definition) is 3. The lowest BCUT2D eigenvalue weighted by Crippen LogP contribution is -1.87. The fraction of sp³-hybridized carbons (Fsp3) is 0.111. The molecule has 0 aliphatic rings. The molecule has 0 aliphatic heterocycles. The molecule has 0 radical (unpaired) electrons. The second kappa shape index (κ2) is 2.88. The van der Waals surface area contributed by atoms with Crippen molar-refractivity contribution >= 4 is 21.4 Å². The van der Waals surface area contributed by atoms with E-state index < -0.39 is 5.82 Å². The summed E-state index contributed by atoms with van der Waals surface area (Å²) in [6, 6.07) is 2.96. The summed E-state index contributed by atoms with van der Waals surface area (Å²) >= 11 is 1.24. The Balaban J connectivity index is 2.85. The lowest BCUT2D eigenvalue weighted by molar-refractivity contribution is 0.384. The van der Waals surface area contributed by atoms with Gasteiger partial charge in [0.15, 0.2) is 11.6 Å². The summed E-state index contributed by atoms with van der Waals surface area (Å²) in [6.45, 7) is 0. The van der Waals surface area contributed by atoms with Gasteiger partial charge in [-0.25, -0.2) is 4.39 Å². The summed E-state index contributed by atoms with van der Waals surface area (Å²) in [4.78, 5) is 0. The molecule has 1 aromatic carbocycles. The molecule has 0 fully saturated rings. The van der Waals surface area contributed by atoms with Crippen LogP contribution >= 0.6 is 11.3 Å². The molecular formula is C9H7FO2S. The van der Waals surface area contributed by atoms with Crippen LogP contribution in [-0.2, 0) is 0 Å². The first-order valence-electron chi connectivity index (χ1n) is 3.66. The molecule has 68 valence electrons. The second-order valence-electron chi connectivity index (χ2n) is 2.58. The maximum Gasteiger partial charge on any atom is 0.183 e. The van der Waals surface area contributed by atoms with E-state index in [-0.39, 0.29) is 11.5 Å². The second-order valence-corrected chi connectivity index (χ2v) is 3.49. The summed E-state index contributed by atoms with van der Waals surface area (Å²) in [6.07, 6.45) is 0. The Kier molecular flexibility index (Phi) is 1.84. The average Bonchev–Trinajstić information content (AvgIpc) is 2.60. The van der Waals surface area contributed by atoms with Crippen molar-refractivity contribution in [2.75, 3.05) is 7.11 Å². The number of methoxy groups -OCH3 is 1. The van der Waals surface area contributed by atoms with Crippen LogP contribution in [0.5, 0.6) is 11.5 Å². The van der Waals surface area contributed by atoms with Crippen LogP contribution in [0.25, 0.3) is 10.1 Å². The molecule has 1 aromatic heterocycles. The van der Waals surface area contributed by atoms with E-state index in [1.807, 2.05) is 0 Å². The summed E-state index contributed by atoms with van der Waals surface area (Å²) in [5.74, 6) is -0.285. The molecule has 0 atom stereocenters. The van der Waals surface area contributed by atoms with Crippen LogP contribution in [0.15, 0.2) is 17.5 Å². The average molecular weight is 198 g/mol. The molecule has 13 heavy (non-hydrogen) atoms. The SMILES string of the molecule is COc1cc(O)c2ccsc2c1F. The molecule has 2 nitrogen and oxygen atoms in total. The van der Waals surface area contributed by atoms with Crippen molar-refractivity contribution in [3.8, 4) is 11.5 Å². The van der Waals surface area contributed by atoms with E-state index in [0.29, 0.717) is 10.1 Å². The number of rotatable bonds is 1. The van der Waals surface area contributed by atoms with E-state index in [9.17, 15) is 9.50 Å². The molecule has 2 rings (SSSR count). The van der Waals surface area contributed by atoms with Crippen LogP contribution in [0.3, 0.4) is 0 Å². The predicted octanol–water partition coefficient (Wildman–Crippen LogP) is 2.75. The zero-order valence-electron chi connectivity index (χ0n) is 6.87. The van der Waals surface area contributed by atoms with E-state index in [1.165, 1.54) is 24.5 Å². The highest BCUT2D eigenvalue weighted by Gasteiger charge is 2.12. The third-order valence-electron chi connectivity index (χ3n) is 1.84. The molecule has 0 aliphatic carbocycles. The maximum absolute atomic E-state index is 13.5. The Bertz CT molecular complexity index is 450. The summed E-state index contributed by atoms with van der Waals surface area (Å²) in [5.41, 5.74) is 0. The molecule has 4 heteroatoms. The number of aromatic hydroxyl groups is 1. The summed E-state index contributed by atoms with van der Waals surface area (Å²) in [7, 11) is 1.37. The van der Waals surface area contributed by atoms with Gasteiger partial charge in [-0.15, -0.1) is 11.3 Å². The van der Waals surface area contributed by atoms with Gasteiger partial charge in [0.05, 0.1) is 11.8 Å². The van der Waals surface area contributed by atoms with E-state index in [1.54, 1.807) is 11.4 Å². The summed E-state index contributed by atoms with van der Waals surface area (Å²) in [5, 5.41) is 11.7. The molecule has 0 bridgehead atoms. The lowest BCUT2D eigenvalue weighted by atomic mass is 10.2. The largest absolute Gasteiger partial charge is 0.507 e. The zero-order chi connectivity index (χ0) is 9.42. The van der Waals surface area contributed by atoms with E-state index >= 15 is 0 Å². The van der Waals surface area contributed by atoms with Gasteiger partial charge in [-0.1, -0.05) is 0 Å². The normalized spacial score (nSPS) is 10.6. The highest BCUT2D eigenvalue weighted by Crippen LogP contribution is 2.36. The van der Waals surface area contributed by atoms with Gasteiger partial charge < -0.3 is 9.84 Å². The number of fused-ring (bicyclic) bond motifs is 1. The van der Waals surface area contributed by atoms with Gasteiger partial charge in [0, 0.05) is 11.5 Å². The highest BCUT2D eigenvalue weighted by atomic mass is 32.1. The fourth-order valence-electron chi connectivity index (χ4n) is 1.21. The maximum atomic E-state index is 13.5. The number of halogens is 1. The molecule has 2 aromatic rings. The number of phenols is 1. The predicted molar refractivity (Wildman–Crippen MR) is 50.0 cm³/mol. The van der Waals surface area contributed by atoms with E-state index in [2.05, 4.69) is 0 Å². The van der Waals surface area contributed by atoms with Gasteiger partial charge >= 0.3 is 0 Å². The van der Waals surface area contributed by atoms with Crippen molar-refractivity contribution in [2.45, 2.75) is 0 Å². The van der Waals surface area contributed by atoms with E-state index in [0.717, 1.165) is 0 Å². The van der Waals surface area contributed by atoms with Crippen LogP contribution in [0.1, 0.15) is 0 Å². The number of thiophene rings is 1. The van der Waals surface area contributed by atoms with Gasteiger partial charge in [0.1, 0.15) is 5.75 Å². The molecule has 0 saturated heterocycles. The first-order chi connectivity index (χ1) is 6.24. The number of benzene rings is 1. The fourth-order valence-corrected chi connectivity index (χ4v) is 2.05. The summed E-state index contributed by atoms with van der Waals surface area (Å²) < 4.78 is 18.7. The lowest BCUT2D eigenvalue weighted by Gasteiger charge is -2.03. The third-order valence-corrected chi connectivity index (χ3v) is 2.75. The topological polar surface area (TPSA) is 29.5 Å². The van der Waals surface area contributed by atoms with Crippen LogP contribution in [0.2, 0.25) is 0 Å². The number of ether oxygens (including phenoxy) is 1. The van der Waals surface area contributed by atoms with Gasteiger partial charge in [-0.2, -0.15) is 0 Å². The first kappa shape index (κ1) is 8.31. The molecule has 1 heterocycles. The number of phenolic OH excluding ortho intramolecular Hbond substituents is 1. The molecular weight excluding hydrogens is 191 g/mol. The van der Waals surface area contributed by atoms with E-state index in [4.69, 9.17) is 4.74 Å². The Hall–Kier alpha value is -1.29. The van der Waals surface area contributed by atoms with Crippen LogP contribution < -0.4 is 4.74 Å². The minimum Gasteiger partial charge on any atom is -0.507 e. The van der Waals surface area contributed by atoms with Crippen molar-refractivity contribution in [1.29, 1.82) is 0 Å². The van der Waals surface area contributed by atoms with Crippen molar-refractivity contribution in [3.05, 3.63) is 23.3 Å². The van der Waals surface area contributed by atoms with Crippen molar-refractivity contribution in [1.82, 2.24) is 0 Å². The molecule has 0 unspecified atom stereocenters. The minimum absolute atomic E-state index is 0.0505. The minimum atomic E-state index is -0.412. The van der Waals surface area contributed by atoms with Crippen molar-refractivity contribution in [3.63, 3.8) is 0 Å². The molecule has 0 amide bonds. The van der Waals surface area contributed by atoms with Crippen LogP contribution in [-0.4, -0.2) is 12.2 Å². The van der Waals surface area contributed by atoms with Gasteiger partial charge in [-0.05, 0) is 11.4 Å². The Labute approximate surface area is 78.2 Å². The van der Waals surface area contributed by atoms with Crippen LogP contribution in [0, 0.1) is 5.82 Å². The Morgan fingerprint density at radius 2 is 2.31 bits per heavy atom. The van der Waals surface area contributed by atoms with Gasteiger partial charge in [-0.3, -0.25) is 0 Å². The van der Waals surface area contributed by atoms with Crippen LogP contribution in [0.4, 0.5) is 4.39 Å². The van der Waals surface area contributed by atoms with Gasteiger partial charge in [0.2, 0.25) is 0 Å². The molecule has 1 N–H and O–H groups in total. The number of hydrogen-bond donors (Lipinski definition) is 1. The van der Waals surface area contributed by atoms with Crippen molar-refractivity contribution < 1.29 is 14.2 Å². The molecule has 0 spiro atoms. The highest BCUT2D eigenvalue weighted by molar-refractivity contribution is 7.17. The smallest absolute Gasteiger partial charge is 0.183 e. The quantitative estimate of drug-likeness (QED) is 0.763. The Morgan fingerprint density at radius 3 is 3.00 bits per heavy atom. The monoisotopic (exact) mass is 198 g/mol. The molecule has 0 saturated carbocycles. The van der Waals surface area contributed by atoms with Crippen molar-refractivity contribution in [2.24, 2.45) is 0 Å². The zero-order valence-corrected chi connectivity index (χ0v) is 7.69. The Morgan fingerprint density at radius 1 is 1.54 bits per heavy atom.